The fourth-order valence-electron chi connectivity index (χ4n) is 2.89. The van der Waals surface area contributed by atoms with E-state index in [0.29, 0.717) is 0 Å². The van der Waals surface area contributed by atoms with Crippen molar-refractivity contribution < 1.29 is 14.0 Å². The van der Waals surface area contributed by atoms with Gasteiger partial charge in [-0.25, -0.2) is 0 Å². The zero-order valence-electron chi connectivity index (χ0n) is 13.5. The van der Waals surface area contributed by atoms with Gasteiger partial charge in [0.25, 0.3) is 0 Å². The molecule has 3 rings (SSSR count). The van der Waals surface area contributed by atoms with Crippen molar-refractivity contribution in [1.29, 1.82) is 0 Å². The van der Waals surface area contributed by atoms with E-state index in [1.807, 2.05) is 0 Å². The molecule has 0 aromatic heterocycles. The number of ether oxygens (including phenoxy) is 1. The second kappa shape index (κ2) is 5.42. The van der Waals surface area contributed by atoms with Gasteiger partial charge in [0.05, 0.1) is 17.3 Å². The van der Waals surface area contributed by atoms with Crippen LogP contribution in [0.2, 0.25) is 0 Å². The normalized spacial score (nSPS) is 27.8. The molecule has 1 atom stereocenters. The summed E-state index contributed by atoms with van der Waals surface area (Å²) in [6, 6.07) is 8.48. The van der Waals surface area contributed by atoms with Crippen molar-refractivity contribution in [2.24, 2.45) is 0 Å². The van der Waals surface area contributed by atoms with Crippen molar-refractivity contribution in [2.75, 3.05) is 6.61 Å². The Morgan fingerprint density at radius 2 is 1.76 bits per heavy atom. The Bertz CT molecular complexity index is 491. The predicted octanol–water partition coefficient (Wildman–Crippen LogP) is 3.23. The number of hydrogen-bond donors (Lipinski definition) is 0. The largest absolute Gasteiger partial charge is 0.494 e. The van der Waals surface area contributed by atoms with Crippen LogP contribution in [0.15, 0.2) is 24.3 Å². The first kappa shape index (κ1) is 15.1. The maximum Gasteiger partial charge on any atom is 0.494 e. The van der Waals surface area contributed by atoms with Crippen molar-refractivity contribution in [3.05, 3.63) is 29.8 Å². The van der Waals surface area contributed by atoms with Crippen LogP contribution in [-0.2, 0) is 14.0 Å². The highest BCUT2D eigenvalue weighted by Crippen LogP contribution is 2.36. The smallest absolute Gasteiger partial charge is 0.399 e. The molecule has 4 heteroatoms. The first-order valence-electron chi connectivity index (χ1n) is 7.96. The Kier molecular flexibility index (Phi) is 3.89. The minimum atomic E-state index is -0.297. The van der Waals surface area contributed by atoms with E-state index in [4.69, 9.17) is 14.0 Å². The Morgan fingerprint density at radius 1 is 1.05 bits per heavy atom. The van der Waals surface area contributed by atoms with Gasteiger partial charge in [-0.15, -0.1) is 0 Å². The summed E-state index contributed by atoms with van der Waals surface area (Å²) in [5.74, 6) is 0. The molecule has 2 heterocycles. The van der Waals surface area contributed by atoms with Crippen molar-refractivity contribution in [3.8, 4) is 0 Å². The Morgan fingerprint density at radius 3 is 2.38 bits per heavy atom. The molecule has 0 spiro atoms. The van der Waals surface area contributed by atoms with Gasteiger partial charge in [-0.1, -0.05) is 24.3 Å². The highest BCUT2D eigenvalue weighted by Gasteiger charge is 2.51. The topological polar surface area (TPSA) is 27.7 Å². The molecule has 0 amide bonds. The molecule has 3 nitrogen and oxygen atoms in total. The van der Waals surface area contributed by atoms with E-state index < -0.39 is 0 Å². The van der Waals surface area contributed by atoms with Crippen molar-refractivity contribution in [3.63, 3.8) is 0 Å². The fourth-order valence-corrected chi connectivity index (χ4v) is 2.89. The second-order valence-electron chi connectivity index (χ2n) is 7.11. The molecule has 1 aromatic carbocycles. The van der Waals surface area contributed by atoms with E-state index in [9.17, 15) is 0 Å². The van der Waals surface area contributed by atoms with Gasteiger partial charge in [-0.05, 0) is 58.0 Å². The zero-order chi connectivity index (χ0) is 15.1. The standard InChI is InChI=1S/C17H25BO3/c1-16(2)17(3,4)21-18(20-16)14-9-7-8-13(12-14)15-10-5-6-11-19-15/h7-9,12,15H,5-6,10-11H2,1-4H3. The highest BCUT2D eigenvalue weighted by molar-refractivity contribution is 6.62. The molecule has 114 valence electrons. The summed E-state index contributed by atoms with van der Waals surface area (Å²) in [6.07, 6.45) is 3.74. The van der Waals surface area contributed by atoms with E-state index in [0.717, 1.165) is 18.5 Å². The molecule has 1 aromatic rings. The molecular weight excluding hydrogens is 263 g/mol. The highest BCUT2D eigenvalue weighted by atomic mass is 16.7. The summed E-state index contributed by atoms with van der Waals surface area (Å²) < 4.78 is 18.1. The molecule has 0 N–H and O–H groups in total. The Hall–Kier alpha value is -0.835. The summed E-state index contributed by atoms with van der Waals surface area (Å²) >= 11 is 0. The lowest BCUT2D eigenvalue weighted by Crippen LogP contribution is -2.41. The van der Waals surface area contributed by atoms with Gasteiger partial charge < -0.3 is 14.0 Å². The van der Waals surface area contributed by atoms with E-state index in [1.165, 1.54) is 18.4 Å². The van der Waals surface area contributed by atoms with Crippen LogP contribution in [0.5, 0.6) is 0 Å². The number of benzene rings is 1. The van der Waals surface area contributed by atoms with Crippen LogP contribution in [-0.4, -0.2) is 24.9 Å². The van der Waals surface area contributed by atoms with Crippen LogP contribution in [0.1, 0.15) is 58.6 Å². The summed E-state index contributed by atoms with van der Waals surface area (Å²) in [6.45, 7) is 9.20. The molecule has 0 radical (unpaired) electrons. The monoisotopic (exact) mass is 288 g/mol. The molecule has 0 bridgehead atoms. The molecular formula is C17H25BO3. The lowest BCUT2D eigenvalue weighted by atomic mass is 9.78. The van der Waals surface area contributed by atoms with E-state index in [-0.39, 0.29) is 24.4 Å². The molecule has 21 heavy (non-hydrogen) atoms. The SMILES string of the molecule is CC1(C)OB(c2cccc(C3CCCCO3)c2)OC1(C)C. The van der Waals surface area contributed by atoms with Gasteiger partial charge in [-0.2, -0.15) is 0 Å². The van der Waals surface area contributed by atoms with Crippen LogP contribution in [0.25, 0.3) is 0 Å². The predicted molar refractivity (Wildman–Crippen MR) is 84.7 cm³/mol. The van der Waals surface area contributed by atoms with Gasteiger partial charge in [0.1, 0.15) is 0 Å². The van der Waals surface area contributed by atoms with E-state index in [2.05, 4.69) is 52.0 Å². The minimum absolute atomic E-state index is 0.223. The van der Waals surface area contributed by atoms with Crippen molar-refractivity contribution in [2.45, 2.75) is 64.3 Å². The second-order valence-corrected chi connectivity index (χ2v) is 7.11. The molecule has 0 aliphatic carbocycles. The minimum Gasteiger partial charge on any atom is -0.399 e. The van der Waals surface area contributed by atoms with Crippen molar-refractivity contribution in [1.82, 2.24) is 0 Å². The van der Waals surface area contributed by atoms with Gasteiger partial charge in [0.2, 0.25) is 0 Å². The Balaban J connectivity index is 1.81. The van der Waals surface area contributed by atoms with Gasteiger partial charge in [-0.3, -0.25) is 0 Å². The molecule has 2 saturated heterocycles. The zero-order valence-corrected chi connectivity index (χ0v) is 13.5. The van der Waals surface area contributed by atoms with E-state index in [1.54, 1.807) is 0 Å². The fraction of sp³-hybridized carbons (Fsp3) is 0.647. The quantitative estimate of drug-likeness (QED) is 0.782. The molecule has 1 unspecified atom stereocenters. The van der Waals surface area contributed by atoms with Crippen LogP contribution in [0, 0.1) is 0 Å². The van der Waals surface area contributed by atoms with Crippen LogP contribution in [0.3, 0.4) is 0 Å². The van der Waals surface area contributed by atoms with Crippen LogP contribution in [0.4, 0.5) is 0 Å². The summed E-state index contributed by atoms with van der Waals surface area (Å²) in [5, 5.41) is 0. The molecule has 0 saturated carbocycles. The third-order valence-electron chi connectivity index (χ3n) is 4.99. The van der Waals surface area contributed by atoms with Gasteiger partial charge in [0, 0.05) is 6.61 Å². The molecule has 2 fully saturated rings. The third-order valence-corrected chi connectivity index (χ3v) is 4.99. The number of rotatable bonds is 2. The van der Waals surface area contributed by atoms with Gasteiger partial charge >= 0.3 is 7.12 Å². The first-order valence-corrected chi connectivity index (χ1v) is 7.96. The van der Waals surface area contributed by atoms with Gasteiger partial charge in [0.15, 0.2) is 0 Å². The molecule has 2 aliphatic heterocycles. The maximum atomic E-state index is 6.13. The van der Waals surface area contributed by atoms with E-state index >= 15 is 0 Å². The summed E-state index contributed by atoms with van der Waals surface area (Å²) in [7, 11) is -0.293. The lowest BCUT2D eigenvalue weighted by molar-refractivity contribution is 0.00578. The maximum absolute atomic E-state index is 6.13. The first-order chi connectivity index (χ1) is 9.89. The van der Waals surface area contributed by atoms with Crippen molar-refractivity contribution >= 4 is 12.6 Å². The average molecular weight is 288 g/mol. The molecule has 2 aliphatic rings. The average Bonchev–Trinajstić information content (AvgIpc) is 2.69. The lowest BCUT2D eigenvalue weighted by Gasteiger charge is -2.32. The summed E-state index contributed by atoms with van der Waals surface area (Å²) in [4.78, 5) is 0. The van der Waals surface area contributed by atoms with Crippen LogP contribution >= 0.6 is 0 Å². The number of hydrogen-bond acceptors (Lipinski definition) is 3. The Labute approximate surface area is 128 Å². The third kappa shape index (κ3) is 2.89. The van der Waals surface area contributed by atoms with Crippen LogP contribution < -0.4 is 5.46 Å². The summed E-state index contributed by atoms with van der Waals surface area (Å²) in [5.41, 5.74) is 1.73.